The number of ether oxygens (including phenoxy) is 1. The topological polar surface area (TPSA) is 152 Å². The Kier molecular flexibility index (Phi) is 8.67. The molecule has 5 bridgehead atoms. The maximum atomic E-state index is 14.9. The van der Waals surface area contributed by atoms with Gasteiger partial charge in [0.05, 0.1) is 19.3 Å². The fraction of sp³-hybridized carbons (Fsp3) is 0.500. The van der Waals surface area contributed by atoms with Gasteiger partial charge < -0.3 is 40.9 Å². The Morgan fingerprint density at radius 1 is 0.982 bits per heavy atom. The highest BCUT2D eigenvalue weighted by atomic mass is 16.5. The number of phenols is 3. The van der Waals surface area contributed by atoms with Crippen molar-refractivity contribution in [2.75, 3.05) is 27.2 Å². The van der Waals surface area contributed by atoms with Crippen LogP contribution in [0.25, 0.3) is 0 Å². The van der Waals surface area contributed by atoms with Crippen LogP contribution >= 0.6 is 0 Å². The molecular formula is C46H52N2O7. The second-order valence-electron chi connectivity index (χ2n) is 17.4. The lowest BCUT2D eigenvalue weighted by atomic mass is 9.27. The zero-order valence-electron chi connectivity index (χ0n) is 31.6. The van der Waals surface area contributed by atoms with Gasteiger partial charge in [-0.2, -0.15) is 0 Å². The summed E-state index contributed by atoms with van der Waals surface area (Å²) in [5, 5.41) is 64.6. The summed E-state index contributed by atoms with van der Waals surface area (Å²) in [4.78, 5) is 14.9. The molecule has 3 fully saturated rings. The van der Waals surface area contributed by atoms with Gasteiger partial charge in [0.15, 0.2) is 23.0 Å². The van der Waals surface area contributed by atoms with Crippen LogP contribution in [0.15, 0.2) is 66.7 Å². The molecule has 6 aliphatic rings. The smallest absolute Gasteiger partial charge is 0.160 e. The second kappa shape index (κ2) is 13.1. The molecule has 7 N–H and O–H groups in total. The van der Waals surface area contributed by atoms with Crippen molar-refractivity contribution >= 4 is 5.78 Å². The molecule has 10 atom stereocenters. The first-order chi connectivity index (χ1) is 26.5. The Labute approximate surface area is 322 Å². The summed E-state index contributed by atoms with van der Waals surface area (Å²) in [6.45, 7) is 0.913. The van der Waals surface area contributed by atoms with Crippen LogP contribution in [0.1, 0.15) is 84.6 Å². The Bertz CT molecular complexity index is 2130. The van der Waals surface area contributed by atoms with E-state index in [9.17, 15) is 30.3 Å². The van der Waals surface area contributed by atoms with Crippen LogP contribution in [0.3, 0.4) is 0 Å². The zero-order chi connectivity index (χ0) is 38.3. The third-order valence-corrected chi connectivity index (χ3v) is 14.9. The maximum Gasteiger partial charge on any atom is 0.160 e. The van der Waals surface area contributed by atoms with Gasteiger partial charge in [0.25, 0.3) is 0 Å². The average molecular weight is 745 g/mol. The lowest BCUT2D eigenvalue weighted by molar-refractivity contribution is -0.231. The minimum Gasteiger partial charge on any atom is -0.504 e. The van der Waals surface area contributed by atoms with Crippen molar-refractivity contribution in [2.45, 2.75) is 86.4 Å². The largest absolute Gasteiger partial charge is 0.504 e. The number of aliphatic hydroxyl groups excluding tert-OH is 1. The van der Waals surface area contributed by atoms with Crippen molar-refractivity contribution in [3.8, 4) is 34.8 Å². The van der Waals surface area contributed by atoms with Gasteiger partial charge in [0, 0.05) is 66.0 Å². The standard InChI is InChI=1S/C46H52N2O7/c1-47-24-31-21-43-12-6-13-45-32(11-14-43)22-44(54)23-33(50)17-34(35-19-41(55-2)40(53)16-30(35)26-49)28(15-27-7-4-3-5-8-27)9-10-29(25-48-45)42(44)46(43,45)37-20-39(52)38(51)18-36(31)37/h3-5,7-8,11,14,16,18-20,28-29,31-32,34,42,47-49,51-54H,6,12-13,15,17,21-26H2,1-2H3/t28-,29-,31-,32+,34-,42-,43-,44+,45-,46+/m1/s1. The maximum absolute atomic E-state index is 14.9. The number of hydrogen-bond acceptors (Lipinski definition) is 9. The first-order valence-electron chi connectivity index (χ1n) is 20.0. The molecule has 0 aromatic heterocycles. The van der Waals surface area contributed by atoms with Crippen molar-refractivity contribution in [1.29, 1.82) is 0 Å². The van der Waals surface area contributed by atoms with E-state index in [1.807, 2.05) is 25.2 Å². The highest BCUT2D eigenvalue weighted by Gasteiger charge is 2.80. The molecule has 1 saturated heterocycles. The second-order valence-corrected chi connectivity index (χ2v) is 17.4. The van der Waals surface area contributed by atoms with Gasteiger partial charge in [0.2, 0.25) is 0 Å². The van der Waals surface area contributed by atoms with Crippen LogP contribution in [-0.4, -0.2) is 69.7 Å². The molecule has 288 valence electrons. The fourth-order valence-electron chi connectivity index (χ4n) is 13.2. The molecule has 9 nitrogen and oxygen atoms in total. The molecule has 3 aromatic carbocycles. The number of methoxy groups -OCH3 is 1. The molecule has 9 rings (SSSR count). The van der Waals surface area contributed by atoms with Crippen molar-refractivity contribution in [3.63, 3.8) is 0 Å². The molecule has 9 heteroatoms. The average Bonchev–Trinajstić information content (AvgIpc) is 3.16. The summed E-state index contributed by atoms with van der Waals surface area (Å²) in [5.41, 5.74) is 1.30. The Morgan fingerprint density at radius 3 is 2.55 bits per heavy atom. The van der Waals surface area contributed by atoms with Crippen LogP contribution in [0.4, 0.5) is 0 Å². The first kappa shape index (κ1) is 36.3. The summed E-state index contributed by atoms with van der Waals surface area (Å²) < 4.78 is 5.53. The van der Waals surface area contributed by atoms with Gasteiger partial charge in [-0.3, -0.25) is 4.79 Å². The number of carbonyl (C=O) groups excluding carboxylic acids is 1. The number of ketones is 1. The number of hydrogen-bond donors (Lipinski definition) is 7. The van der Waals surface area contributed by atoms with Crippen LogP contribution in [-0.2, 0) is 23.2 Å². The monoisotopic (exact) mass is 744 g/mol. The predicted molar refractivity (Wildman–Crippen MR) is 208 cm³/mol. The Morgan fingerprint density at radius 2 is 1.78 bits per heavy atom. The number of aliphatic hydroxyl groups is 2. The highest BCUT2D eigenvalue weighted by molar-refractivity contribution is 5.81. The van der Waals surface area contributed by atoms with E-state index < -0.39 is 28.4 Å². The fourth-order valence-corrected chi connectivity index (χ4v) is 13.2. The molecule has 3 aromatic rings. The van der Waals surface area contributed by atoms with E-state index in [0.29, 0.717) is 37.1 Å². The molecule has 55 heavy (non-hydrogen) atoms. The van der Waals surface area contributed by atoms with E-state index in [2.05, 4.69) is 46.8 Å². The quantitative estimate of drug-likeness (QED) is 0.0969. The van der Waals surface area contributed by atoms with Gasteiger partial charge in [-0.1, -0.05) is 60.7 Å². The lowest BCUT2D eigenvalue weighted by Crippen LogP contribution is -2.86. The minimum atomic E-state index is -1.41. The van der Waals surface area contributed by atoms with E-state index in [1.165, 1.54) is 13.2 Å². The van der Waals surface area contributed by atoms with Gasteiger partial charge in [-0.05, 0) is 103 Å². The number of nitrogens with one attached hydrogen (secondary N) is 2. The zero-order valence-corrected chi connectivity index (χ0v) is 31.6. The van der Waals surface area contributed by atoms with Crippen LogP contribution in [0.5, 0.6) is 23.0 Å². The molecule has 0 unspecified atom stereocenters. The number of rotatable bonds is 7. The van der Waals surface area contributed by atoms with Gasteiger partial charge in [0.1, 0.15) is 5.78 Å². The third kappa shape index (κ3) is 5.11. The van der Waals surface area contributed by atoms with Crippen molar-refractivity contribution in [3.05, 3.63) is 94.6 Å². The number of fused-ring (bicyclic) bond motifs is 1. The van der Waals surface area contributed by atoms with E-state index in [-0.39, 0.29) is 77.3 Å². The normalized spacial score (nSPS) is 36.8. The number of piperidine rings is 1. The molecule has 5 aliphatic carbocycles. The summed E-state index contributed by atoms with van der Waals surface area (Å²) in [6.07, 6.45) is 9.40. The lowest BCUT2D eigenvalue weighted by Gasteiger charge is -2.79. The van der Waals surface area contributed by atoms with Gasteiger partial charge in [-0.15, -0.1) is 0 Å². The molecule has 0 amide bonds. The summed E-state index contributed by atoms with van der Waals surface area (Å²) >= 11 is 0. The van der Waals surface area contributed by atoms with Crippen molar-refractivity contribution in [2.24, 2.45) is 29.1 Å². The van der Waals surface area contributed by atoms with Crippen LogP contribution in [0, 0.1) is 40.9 Å². The van der Waals surface area contributed by atoms with Gasteiger partial charge in [-0.25, -0.2) is 0 Å². The molecule has 0 radical (unpaired) electrons. The van der Waals surface area contributed by atoms with E-state index in [1.54, 1.807) is 18.2 Å². The summed E-state index contributed by atoms with van der Waals surface area (Å²) in [5.74, 6) is 5.72. The highest BCUT2D eigenvalue weighted by Crippen LogP contribution is 2.77. The molecular weight excluding hydrogens is 693 g/mol. The number of allylic oxidation sites excluding steroid dienone is 1. The van der Waals surface area contributed by atoms with E-state index in [0.717, 1.165) is 42.4 Å². The number of Topliss-reactive ketones (excluding diaryl/α,β-unsaturated/α-hetero) is 1. The number of carbonyl (C=O) groups is 1. The number of phenolic OH excluding ortho intramolecular Hbond substituents is 3. The number of likely N-dealkylation sites (N-methyl/N-ethyl adjacent to an activating group) is 1. The number of aromatic hydroxyl groups is 3. The SMILES string of the molecule is CNC[C@H]1C[C@]23C=C[C@H]4C[C@]5(O)CC(=O)C[C@@H](c6cc(OC)c(O)cc6CO)[C@@H](Cc6ccccc6)C#C[C@@H]6CN[C@@]4(CCC2)[C@@]3(c2cc(O)c(O)cc21)[C@H]65. The molecule has 1 heterocycles. The summed E-state index contributed by atoms with van der Waals surface area (Å²) in [7, 11) is 3.43. The van der Waals surface area contributed by atoms with E-state index in [4.69, 9.17) is 4.74 Å². The van der Waals surface area contributed by atoms with Crippen LogP contribution in [0.2, 0.25) is 0 Å². The third-order valence-electron chi connectivity index (χ3n) is 14.9. The molecule has 2 saturated carbocycles. The minimum absolute atomic E-state index is 0.0499. The first-order valence-corrected chi connectivity index (χ1v) is 20.0. The summed E-state index contributed by atoms with van der Waals surface area (Å²) in [6, 6.07) is 16.9. The van der Waals surface area contributed by atoms with Crippen molar-refractivity contribution in [1.82, 2.24) is 10.6 Å². The van der Waals surface area contributed by atoms with Crippen LogP contribution < -0.4 is 15.4 Å². The number of benzene rings is 3. The molecule has 1 spiro atoms. The Hall–Kier alpha value is -4.33. The van der Waals surface area contributed by atoms with E-state index >= 15 is 0 Å². The molecule has 1 aliphatic heterocycles. The van der Waals surface area contributed by atoms with Crippen molar-refractivity contribution < 1.29 is 35.1 Å². The van der Waals surface area contributed by atoms with Gasteiger partial charge >= 0.3 is 0 Å². The predicted octanol–water partition coefficient (Wildman–Crippen LogP) is 5.32. The Balaban J connectivity index is 1.29.